The maximum absolute atomic E-state index is 9.49. The van der Waals surface area contributed by atoms with Gasteiger partial charge in [-0.05, 0) is 36.2 Å². The van der Waals surface area contributed by atoms with Crippen LogP contribution in [0.2, 0.25) is 0 Å². The lowest BCUT2D eigenvalue weighted by atomic mass is 9.96. The van der Waals surface area contributed by atoms with Crippen LogP contribution in [0.1, 0.15) is 80.9 Å². The Kier molecular flexibility index (Phi) is 3.02. The molecule has 2 heterocycles. The summed E-state index contributed by atoms with van der Waals surface area (Å²) in [6.45, 7) is -38.0. The highest BCUT2D eigenvalue weighted by molar-refractivity contribution is 5.33. The Labute approximate surface area is 289 Å². The Morgan fingerprint density at radius 3 is 1.23 bits per heavy atom. The predicted molar refractivity (Wildman–Crippen MR) is 168 cm³/mol. The summed E-state index contributed by atoms with van der Waals surface area (Å²) in [6, 6.07) is -3.60. The highest BCUT2D eigenvalue weighted by atomic mass is 15.3. The van der Waals surface area contributed by atoms with Crippen molar-refractivity contribution in [1.82, 2.24) is 19.6 Å². The zero-order valence-corrected chi connectivity index (χ0v) is 20.6. The van der Waals surface area contributed by atoms with E-state index in [1.165, 1.54) is 48.5 Å². The second kappa shape index (κ2) is 14.4. The average Bonchev–Trinajstić information content (AvgIpc) is 3.24. The Morgan fingerprint density at radius 2 is 0.875 bits per heavy atom. The molecule has 0 aromatic heterocycles. The van der Waals surface area contributed by atoms with Crippen LogP contribution in [0.3, 0.4) is 0 Å². The second-order valence-electron chi connectivity index (χ2n) is 7.67. The van der Waals surface area contributed by atoms with E-state index < -0.39 is 159 Å². The lowest BCUT2D eigenvalue weighted by Crippen LogP contribution is -2.46. The lowest BCUT2D eigenvalue weighted by molar-refractivity contribution is 0.127. The monoisotopic (exact) mass is 567 g/mol. The molecule has 0 aliphatic carbocycles. The first-order chi connectivity index (χ1) is 33.0. The van der Waals surface area contributed by atoms with Gasteiger partial charge in [-0.15, -0.1) is 0 Å². The molecule has 4 aromatic rings. The molecule has 0 radical (unpaired) electrons. The smallest absolute Gasteiger partial charge is 0.0626 e. The van der Waals surface area contributed by atoms with Gasteiger partial charge in [0, 0.05) is 82.1 Å². The molecular weight excluding hydrogens is 488 g/mol. The number of hydrogen-bond donors (Lipinski definition) is 0. The van der Waals surface area contributed by atoms with Gasteiger partial charge in [-0.25, -0.2) is 0 Å². The quantitative estimate of drug-likeness (QED) is 0.282. The van der Waals surface area contributed by atoms with Crippen LogP contribution in [0.4, 0.5) is 0 Å². The van der Waals surface area contributed by atoms with E-state index >= 15 is 0 Å². The largest absolute Gasteiger partial charge is 0.304 e. The fraction of sp³-hybridized carbons (Fsp3) is 0.333. The molecule has 0 atom stereocenters. The summed E-state index contributed by atoms with van der Waals surface area (Å²) in [5, 5.41) is 0. The van der Waals surface area contributed by atoms with Gasteiger partial charge in [-0.3, -0.25) is 9.80 Å². The molecule has 6 rings (SSSR count). The third-order valence-corrected chi connectivity index (χ3v) is 5.11. The molecule has 40 heavy (non-hydrogen) atoms. The van der Waals surface area contributed by atoms with Gasteiger partial charge in [-0.2, -0.15) is 0 Å². The van der Waals surface area contributed by atoms with Crippen LogP contribution in [0, 0.1) is 0 Å². The minimum absolute atomic E-state index is 0.0490. The van der Waals surface area contributed by atoms with E-state index in [9.17, 15) is 2.74 Å². The van der Waals surface area contributed by atoms with Crippen molar-refractivity contribution in [3.05, 3.63) is 143 Å². The van der Waals surface area contributed by atoms with E-state index in [4.69, 9.17) is 43.9 Å². The number of piperazine rings is 2. The number of likely N-dealkylation sites (N-methyl/N-ethyl adjacent to an activating group) is 2. The maximum Gasteiger partial charge on any atom is 0.0626 e. The van der Waals surface area contributed by atoms with Gasteiger partial charge in [0.2, 0.25) is 0 Å². The zero-order valence-electron chi connectivity index (χ0n) is 54.6. The van der Waals surface area contributed by atoms with E-state index in [2.05, 4.69) is 0 Å². The van der Waals surface area contributed by atoms with Gasteiger partial charge in [0.15, 0.2) is 0 Å². The van der Waals surface area contributed by atoms with E-state index in [0.717, 1.165) is 0 Å². The number of hydrogen-bond acceptors (Lipinski definition) is 4. The second-order valence-corrected chi connectivity index (χ2v) is 7.67. The van der Waals surface area contributed by atoms with Crippen LogP contribution in [0.5, 0.6) is 0 Å². The van der Waals surface area contributed by atoms with Gasteiger partial charge < -0.3 is 9.80 Å². The van der Waals surface area contributed by atoms with Crippen molar-refractivity contribution in [1.29, 1.82) is 0 Å². The normalized spacial score (nSPS) is 41.1. The minimum Gasteiger partial charge on any atom is -0.304 e. The molecule has 4 heteroatoms. The lowest BCUT2D eigenvalue weighted by Gasteiger charge is -2.38. The summed E-state index contributed by atoms with van der Waals surface area (Å²) in [4.78, 5) is -1.56. The van der Waals surface area contributed by atoms with Crippen molar-refractivity contribution >= 4 is 0 Å². The molecule has 0 N–H and O–H groups in total. The Bertz CT molecular complexity index is 2570. The van der Waals surface area contributed by atoms with E-state index in [-0.39, 0.29) is 20.9 Å². The number of benzene rings is 4. The third kappa shape index (κ3) is 7.47. The molecule has 2 saturated heterocycles. The summed E-state index contributed by atoms with van der Waals surface area (Å²) in [5.74, 6) is 0. The fourth-order valence-electron chi connectivity index (χ4n) is 3.44. The highest BCUT2D eigenvalue weighted by Gasteiger charge is 2.26. The number of nitrogens with zero attached hydrogens (tertiary/aromatic N) is 4. The van der Waals surface area contributed by atoms with Crippen LogP contribution >= 0.6 is 0 Å². The molecule has 4 nitrogen and oxygen atoms in total. The average molecular weight is 567 g/mol. The molecule has 2 aliphatic heterocycles. The molecule has 2 aliphatic rings. The van der Waals surface area contributed by atoms with Crippen LogP contribution < -0.4 is 0 Å². The molecule has 0 saturated carbocycles. The minimum atomic E-state index is -4.20. The highest BCUT2D eigenvalue weighted by Crippen LogP contribution is 2.30. The molecule has 2 fully saturated rings. The number of rotatable bonds is 6. The van der Waals surface area contributed by atoms with Gasteiger partial charge in [0.05, 0.1) is 28.5 Å². The van der Waals surface area contributed by atoms with Crippen molar-refractivity contribution in [3.8, 4) is 0 Å². The Balaban J connectivity index is 0.000000284. The molecule has 0 amide bonds. The maximum atomic E-state index is 9.49. The fourth-order valence-corrected chi connectivity index (χ4v) is 3.44. The van der Waals surface area contributed by atoms with Gasteiger partial charge in [-0.1, -0.05) is 121 Å². The topological polar surface area (TPSA) is 13.0 Å². The summed E-state index contributed by atoms with van der Waals surface area (Å²) in [6.07, 6.45) is 0. The van der Waals surface area contributed by atoms with Gasteiger partial charge >= 0.3 is 0 Å². The van der Waals surface area contributed by atoms with Crippen LogP contribution in [-0.4, -0.2) is 85.5 Å². The zero-order chi connectivity index (χ0) is 57.5. The molecular formula is C36H44N4. The Morgan fingerprint density at radius 1 is 0.525 bits per heavy atom. The van der Waals surface area contributed by atoms with Crippen molar-refractivity contribution in [2.75, 3.05) is 65.9 Å². The van der Waals surface area contributed by atoms with Gasteiger partial charge in [0.25, 0.3) is 0 Å². The van der Waals surface area contributed by atoms with Crippen molar-refractivity contribution in [2.45, 2.75) is 12.0 Å². The van der Waals surface area contributed by atoms with Crippen molar-refractivity contribution in [3.63, 3.8) is 0 Å². The molecule has 0 spiro atoms. The molecule has 208 valence electrons. The van der Waals surface area contributed by atoms with Gasteiger partial charge in [0.1, 0.15) is 0 Å². The molecule has 0 bridgehead atoms. The van der Waals surface area contributed by atoms with Crippen molar-refractivity contribution < 1.29 is 46.6 Å². The Hall–Kier alpha value is -3.28. The summed E-state index contributed by atoms with van der Waals surface area (Å²) >= 11 is 0. The summed E-state index contributed by atoms with van der Waals surface area (Å²) in [5.41, 5.74) is -2.75. The van der Waals surface area contributed by atoms with E-state index in [1.807, 2.05) is 0 Å². The summed E-state index contributed by atoms with van der Waals surface area (Å²) in [7, 11) is 0. The van der Waals surface area contributed by atoms with Crippen molar-refractivity contribution in [2.24, 2.45) is 0 Å². The van der Waals surface area contributed by atoms with E-state index in [1.54, 1.807) is 12.1 Å². The first-order valence-electron chi connectivity index (χ1n) is 28.5. The summed E-state index contributed by atoms with van der Waals surface area (Å²) < 4.78 is 282. The SMILES string of the molecule is [2H]C([2H])([2H])N1C([2H])([2H])C([2H])([2H])N(C([2H])(c2ccccc2)c2ccccc2)C([2H])([2H])C1([2H])[2H].[2H]c1c([2H])c([2H])c(C([2H])(c2c([2H])c([2H])c([2H])c([2H])c2[2H])N2C([2H])([2H])C([2H])([2H])N(C([2H])([2H])[2H])C([2H])([2H])C2([2H])[2H])c([2H])c1[2H]. The van der Waals surface area contributed by atoms with Crippen LogP contribution in [0.25, 0.3) is 0 Å². The first-order valence-corrected chi connectivity index (χ1v) is 11.5. The first kappa shape index (κ1) is 8.39. The molecule has 0 unspecified atom stereocenters. The standard InChI is InChI=1S/2C18H22N2/c2*1-19-12-14-20(15-13-19)18(16-8-4-2-5-9-16)17-10-6-3-7-11-17/h2*2-11,18H,12-15H2,1H3/i1D3,2D,3D,4D,5D,6D,7D,8D,9D,10D,11D,12D2,13D2,14D2,15D2,18D;1D3,12D2,13D2,14D2,15D2,18D. The van der Waals surface area contributed by atoms with Crippen LogP contribution in [0.15, 0.2) is 121 Å². The third-order valence-electron chi connectivity index (χ3n) is 5.11. The van der Waals surface area contributed by atoms with E-state index in [0.29, 0.717) is 0 Å². The molecule has 4 aromatic carbocycles. The van der Waals surface area contributed by atoms with Crippen LogP contribution in [-0.2, 0) is 0 Å². The predicted octanol–water partition coefficient (Wildman–Crippen LogP) is 6.05.